The Morgan fingerprint density at radius 3 is 2.72 bits per heavy atom. The van der Waals surface area contributed by atoms with Crippen LogP contribution in [-0.2, 0) is 14.6 Å². The van der Waals surface area contributed by atoms with E-state index >= 15 is 0 Å². The van der Waals surface area contributed by atoms with Gasteiger partial charge in [0.05, 0.1) is 28.7 Å². The number of carbonyl (C=O) groups excluding carboxylic acids is 1. The lowest BCUT2D eigenvalue weighted by Gasteiger charge is -2.14. The van der Waals surface area contributed by atoms with Gasteiger partial charge in [-0.05, 0) is 6.42 Å². The van der Waals surface area contributed by atoms with Crippen LogP contribution in [0.1, 0.15) is 13.3 Å². The average molecular weight is 315 g/mol. The predicted molar refractivity (Wildman–Crippen MR) is 75.8 cm³/mol. The van der Waals surface area contributed by atoms with Crippen LogP contribution in [0.15, 0.2) is 0 Å². The van der Waals surface area contributed by atoms with Crippen molar-refractivity contribution in [2.75, 3.05) is 23.0 Å². The largest absolute Gasteiger partial charge is 0.350 e. The number of nitrogens with two attached hydrogens (primary N) is 1. The zero-order valence-corrected chi connectivity index (χ0v) is 12.7. The second kappa shape index (κ2) is 6.98. The van der Waals surface area contributed by atoms with Crippen molar-refractivity contribution in [2.45, 2.75) is 30.8 Å². The molecule has 0 aromatic carbocycles. The van der Waals surface area contributed by atoms with Crippen molar-refractivity contribution in [3.8, 4) is 0 Å². The molecule has 8 heteroatoms. The third-order valence-electron chi connectivity index (χ3n) is 2.72. The van der Waals surface area contributed by atoms with Gasteiger partial charge in [-0.25, -0.2) is 8.42 Å². The van der Waals surface area contributed by atoms with Gasteiger partial charge in [-0.2, -0.15) is 11.8 Å². The van der Waals surface area contributed by atoms with E-state index in [1.165, 1.54) is 11.8 Å². The molecule has 0 spiro atoms. The van der Waals surface area contributed by atoms with Crippen LogP contribution >= 0.6 is 23.4 Å². The Labute approximate surface area is 117 Å². The van der Waals surface area contributed by atoms with Gasteiger partial charge in [-0.15, -0.1) is 11.6 Å². The predicted octanol–water partition coefficient (Wildman–Crippen LogP) is -0.0225. The first-order valence-electron chi connectivity index (χ1n) is 5.81. The molecule has 0 saturated carbocycles. The highest BCUT2D eigenvalue weighted by Gasteiger charge is 2.37. The molecule has 1 amide bonds. The number of sulfone groups is 1. The molecule has 0 bridgehead atoms. The highest BCUT2D eigenvalue weighted by atomic mass is 35.5. The topological polar surface area (TPSA) is 89.3 Å². The van der Waals surface area contributed by atoms with Crippen LogP contribution in [0.25, 0.3) is 0 Å². The zero-order valence-electron chi connectivity index (χ0n) is 10.3. The van der Waals surface area contributed by atoms with Gasteiger partial charge in [0.15, 0.2) is 9.84 Å². The van der Waals surface area contributed by atoms with E-state index < -0.39 is 21.3 Å². The molecular weight excluding hydrogens is 296 g/mol. The van der Waals surface area contributed by atoms with E-state index in [2.05, 4.69) is 5.32 Å². The minimum Gasteiger partial charge on any atom is -0.350 e. The molecule has 1 saturated heterocycles. The molecule has 3 atom stereocenters. The van der Waals surface area contributed by atoms with Crippen molar-refractivity contribution in [2.24, 2.45) is 5.73 Å². The third kappa shape index (κ3) is 5.34. The zero-order chi connectivity index (χ0) is 13.8. The minimum atomic E-state index is -3.10. The summed E-state index contributed by atoms with van der Waals surface area (Å²) in [6.45, 7) is 1.99. The fourth-order valence-corrected chi connectivity index (χ4v) is 5.08. The van der Waals surface area contributed by atoms with Crippen molar-refractivity contribution in [1.29, 1.82) is 0 Å². The van der Waals surface area contributed by atoms with Gasteiger partial charge in [-0.1, -0.05) is 6.92 Å². The van der Waals surface area contributed by atoms with Crippen LogP contribution in [-0.4, -0.2) is 54.8 Å². The fourth-order valence-electron chi connectivity index (χ4n) is 1.61. The third-order valence-corrected chi connectivity index (χ3v) is 6.22. The van der Waals surface area contributed by atoms with Crippen LogP contribution in [0.3, 0.4) is 0 Å². The molecule has 0 aromatic heterocycles. The molecule has 1 aliphatic heterocycles. The summed E-state index contributed by atoms with van der Waals surface area (Å²) in [7, 11) is -3.10. The summed E-state index contributed by atoms with van der Waals surface area (Å²) >= 11 is 7.34. The van der Waals surface area contributed by atoms with Gasteiger partial charge in [0.25, 0.3) is 0 Å². The number of halogens is 1. The molecule has 5 nitrogen and oxygen atoms in total. The smallest absolute Gasteiger partial charge is 0.230 e. The molecule has 0 aliphatic carbocycles. The first kappa shape index (κ1) is 16.1. The summed E-state index contributed by atoms with van der Waals surface area (Å²) in [5.41, 5.74) is 5.73. The van der Waals surface area contributed by atoms with Crippen LogP contribution < -0.4 is 11.1 Å². The molecule has 1 heterocycles. The monoisotopic (exact) mass is 314 g/mol. The molecule has 3 unspecified atom stereocenters. The number of nitrogens with one attached hydrogen (secondary N) is 1. The molecule has 0 aromatic rings. The number of hydrogen-bond donors (Lipinski definition) is 2. The number of carbonyl (C=O) groups is 1. The summed E-state index contributed by atoms with van der Waals surface area (Å²) < 4.78 is 22.6. The molecule has 1 rings (SSSR count). The van der Waals surface area contributed by atoms with Crippen molar-refractivity contribution >= 4 is 39.1 Å². The highest BCUT2D eigenvalue weighted by Crippen LogP contribution is 2.18. The van der Waals surface area contributed by atoms with E-state index in [1.807, 2.05) is 6.92 Å². The van der Waals surface area contributed by atoms with E-state index in [0.717, 1.165) is 12.2 Å². The lowest BCUT2D eigenvalue weighted by atomic mass is 10.2. The molecule has 18 heavy (non-hydrogen) atoms. The van der Waals surface area contributed by atoms with E-state index in [1.54, 1.807) is 0 Å². The number of amides is 1. The summed E-state index contributed by atoms with van der Waals surface area (Å²) in [5.74, 6) is 0.695. The van der Waals surface area contributed by atoms with Gasteiger partial charge < -0.3 is 11.1 Å². The van der Waals surface area contributed by atoms with Gasteiger partial charge >= 0.3 is 0 Å². The maximum Gasteiger partial charge on any atom is 0.230 e. The van der Waals surface area contributed by atoms with Crippen LogP contribution in [0.4, 0.5) is 0 Å². The molecule has 3 N–H and O–H groups in total. The van der Waals surface area contributed by atoms with Crippen LogP contribution in [0.2, 0.25) is 0 Å². The van der Waals surface area contributed by atoms with Gasteiger partial charge in [-0.3, -0.25) is 4.79 Å². The Morgan fingerprint density at radius 1 is 1.56 bits per heavy atom. The van der Waals surface area contributed by atoms with Crippen LogP contribution in [0, 0.1) is 0 Å². The lowest BCUT2D eigenvalue weighted by molar-refractivity contribution is -0.119. The molecule has 0 radical (unpaired) electrons. The molecule has 106 valence electrons. The minimum absolute atomic E-state index is 0.0621. The van der Waals surface area contributed by atoms with Crippen molar-refractivity contribution in [3.05, 3.63) is 0 Å². The van der Waals surface area contributed by atoms with E-state index in [9.17, 15) is 13.2 Å². The van der Waals surface area contributed by atoms with Crippen LogP contribution in [0.5, 0.6) is 0 Å². The summed E-state index contributed by atoms with van der Waals surface area (Å²) in [5, 5.41) is 2.14. The Hall–Kier alpha value is 0.0200. The maximum absolute atomic E-state index is 11.6. The van der Waals surface area contributed by atoms with E-state index in [4.69, 9.17) is 17.3 Å². The lowest BCUT2D eigenvalue weighted by Crippen LogP contribution is -2.41. The summed E-state index contributed by atoms with van der Waals surface area (Å²) in [6.07, 6.45) is 0.874. The van der Waals surface area contributed by atoms with Gasteiger partial charge in [0.2, 0.25) is 5.91 Å². The normalized spacial score (nSPS) is 27.9. The fraction of sp³-hybridized carbons (Fsp3) is 0.900. The molecule has 1 aliphatic rings. The first-order valence-corrected chi connectivity index (χ1v) is 9.22. The van der Waals surface area contributed by atoms with E-state index in [-0.39, 0.29) is 29.2 Å². The standard InChI is InChI=1S/C10H19ClN2O3S2/c1-2-7(12)3-17-4-10(14)13-9-6-18(15,16)5-8(9)11/h7-9H,2-6,12H2,1H3,(H,13,14). The van der Waals surface area contributed by atoms with Gasteiger partial charge in [0, 0.05) is 11.8 Å². The van der Waals surface area contributed by atoms with Crippen molar-refractivity contribution in [1.82, 2.24) is 5.32 Å². The second-order valence-corrected chi connectivity index (χ2v) is 8.20. The molecule has 1 fully saturated rings. The number of alkyl halides is 1. The SMILES string of the molecule is CCC(N)CSCC(=O)NC1CS(=O)(=O)CC1Cl. The average Bonchev–Trinajstić information content (AvgIpc) is 2.51. The first-order chi connectivity index (χ1) is 8.34. The Balaban J connectivity index is 2.29. The number of hydrogen-bond acceptors (Lipinski definition) is 5. The second-order valence-electron chi connectivity index (χ2n) is 4.45. The van der Waals surface area contributed by atoms with Gasteiger partial charge in [0.1, 0.15) is 0 Å². The molecular formula is C10H19ClN2O3S2. The quantitative estimate of drug-likeness (QED) is 0.672. The number of thioether (sulfide) groups is 1. The summed E-state index contributed by atoms with van der Waals surface area (Å²) in [6, 6.07) is -0.375. The Kier molecular flexibility index (Phi) is 6.23. The highest BCUT2D eigenvalue weighted by molar-refractivity contribution is 8.00. The Bertz CT molecular complexity index is 389. The van der Waals surface area contributed by atoms with Crippen molar-refractivity contribution < 1.29 is 13.2 Å². The van der Waals surface area contributed by atoms with Crippen molar-refractivity contribution in [3.63, 3.8) is 0 Å². The van der Waals surface area contributed by atoms with E-state index in [0.29, 0.717) is 0 Å². The Morgan fingerprint density at radius 2 is 2.22 bits per heavy atom. The number of rotatable bonds is 6. The maximum atomic E-state index is 11.6. The summed E-state index contributed by atoms with van der Waals surface area (Å²) in [4.78, 5) is 11.6.